The summed E-state index contributed by atoms with van der Waals surface area (Å²) < 4.78 is 13.6. The Labute approximate surface area is 123 Å². The average molecular weight is 330 g/mol. The van der Waals surface area contributed by atoms with Gasteiger partial charge in [-0.15, -0.1) is 0 Å². The van der Waals surface area contributed by atoms with E-state index in [1.165, 1.54) is 18.2 Å². The first kappa shape index (κ1) is 12.9. The van der Waals surface area contributed by atoms with Crippen LogP contribution in [0.25, 0.3) is 10.8 Å². The number of nitrogens with zero attached hydrogens (tertiary/aromatic N) is 1. The molecule has 0 aliphatic heterocycles. The van der Waals surface area contributed by atoms with Gasteiger partial charge in [0.15, 0.2) is 5.78 Å². The molecule has 0 unspecified atom stereocenters. The minimum Gasteiger partial charge on any atom is -0.289 e. The summed E-state index contributed by atoms with van der Waals surface area (Å²) in [6, 6.07) is 11.4. The number of hydrogen-bond donors (Lipinski definition) is 0. The molecule has 0 aliphatic rings. The van der Waals surface area contributed by atoms with Crippen LogP contribution in [0.15, 0.2) is 59.3 Å². The highest BCUT2D eigenvalue weighted by Gasteiger charge is 2.15. The maximum atomic E-state index is 13.1. The van der Waals surface area contributed by atoms with Gasteiger partial charge in [0, 0.05) is 33.4 Å². The van der Waals surface area contributed by atoms with E-state index in [2.05, 4.69) is 20.9 Å². The largest absolute Gasteiger partial charge is 0.289 e. The zero-order valence-electron chi connectivity index (χ0n) is 10.3. The number of ketones is 1. The topological polar surface area (TPSA) is 30.0 Å². The molecule has 20 heavy (non-hydrogen) atoms. The third-order valence-electron chi connectivity index (χ3n) is 3.10. The van der Waals surface area contributed by atoms with Crippen molar-refractivity contribution in [3.05, 3.63) is 76.3 Å². The van der Waals surface area contributed by atoms with Crippen LogP contribution in [0.3, 0.4) is 0 Å². The number of benzene rings is 2. The summed E-state index contributed by atoms with van der Waals surface area (Å²) in [5.41, 5.74) is 0.991. The van der Waals surface area contributed by atoms with Gasteiger partial charge >= 0.3 is 0 Å². The molecule has 0 spiro atoms. The highest BCUT2D eigenvalue weighted by Crippen LogP contribution is 2.25. The smallest absolute Gasteiger partial charge is 0.194 e. The van der Waals surface area contributed by atoms with E-state index in [4.69, 9.17) is 0 Å². The second kappa shape index (κ2) is 5.13. The van der Waals surface area contributed by atoms with Crippen molar-refractivity contribution in [1.82, 2.24) is 4.98 Å². The Balaban J connectivity index is 2.18. The summed E-state index contributed by atoms with van der Waals surface area (Å²) in [5, 5.41) is 1.74. The van der Waals surface area contributed by atoms with Gasteiger partial charge in [-0.1, -0.05) is 18.2 Å². The lowest BCUT2D eigenvalue weighted by atomic mass is 9.98. The van der Waals surface area contributed by atoms with Crippen LogP contribution in [0.1, 0.15) is 15.9 Å². The molecule has 0 atom stereocenters. The van der Waals surface area contributed by atoms with Crippen LogP contribution in [0.5, 0.6) is 0 Å². The third kappa shape index (κ3) is 2.23. The molecular formula is C16H9BrFNO. The van der Waals surface area contributed by atoms with Gasteiger partial charge in [-0.05, 0) is 45.6 Å². The Morgan fingerprint density at radius 2 is 1.95 bits per heavy atom. The van der Waals surface area contributed by atoms with Crippen LogP contribution in [-0.4, -0.2) is 10.8 Å². The lowest BCUT2D eigenvalue weighted by Gasteiger charge is -2.07. The monoisotopic (exact) mass is 329 g/mol. The first-order valence-electron chi connectivity index (χ1n) is 5.99. The van der Waals surface area contributed by atoms with E-state index in [0.717, 1.165) is 10.8 Å². The fourth-order valence-electron chi connectivity index (χ4n) is 2.13. The van der Waals surface area contributed by atoms with Crippen LogP contribution in [0.4, 0.5) is 4.39 Å². The summed E-state index contributed by atoms with van der Waals surface area (Å²) in [6.07, 6.45) is 3.35. The molecule has 0 amide bonds. The molecule has 0 radical (unpaired) electrons. The second-order valence-electron chi connectivity index (χ2n) is 4.36. The van der Waals surface area contributed by atoms with E-state index in [0.29, 0.717) is 15.6 Å². The molecule has 0 bridgehead atoms. The number of aromatic nitrogens is 1. The maximum Gasteiger partial charge on any atom is 0.194 e. The molecule has 2 nitrogen and oxygen atoms in total. The van der Waals surface area contributed by atoms with Crippen molar-refractivity contribution in [2.24, 2.45) is 0 Å². The molecule has 0 saturated heterocycles. The molecule has 4 heteroatoms. The Morgan fingerprint density at radius 3 is 2.75 bits per heavy atom. The molecule has 98 valence electrons. The van der Waals surface area contributed by atoms with Crippen molar-refractivity contribution in [3.8, 4) is 0 Å². The predicted octanol–water partition coefficient (Wildman–Crippen LogP) is 4.37. The maximum absolute atomic E-state index is 13.1. The zero-order chi connectivity index (χ0) is 14.1. The summed E-state index contributed by atoms with van der Waals surface area (Å²) in [5.74, 6) is -0.538. The molecule has 0 fully saturated rings. The first-order valence-corrected chi connectivity index (χ1v) is 6.78. The standard InChI is InChI=1S/C16H9BrFNO/c17-15-8-11(18)4-5-13(15)16(20)12-3-1-2-10-6-7-19-9-14(10)12/h1-9H. The van der Waals surface area contributed by atoms with Crippen LogP contribution < -0.4 is 0 Å². The van der Waals surface area contributed by atoms with Crippen molar-refractivity contribution in [2.45, 2.75) is 0 Å². The fraction of sp³-hybridized carbons (Fsp3) is 0. The molecule has 0 aliphatic carbocycles. The predicted molar refractivity (Wildman–Crippen MR) is 79.3 cm³/mol. The number of halogens is 2. The normalized spacial score (nSPS) is 10.7. The molecule has 0 N–H and O–H groups in total. The fourth-order valence-corrected chi connectivity index (χ4v) is 2.66. The third-order valence-corrected chi connectivity index (χ3v) is 3.76. The summed E-state index contributed by atoms with van der Waals surface area (Å²) in [4.78, 5) is 16.7. The highest BCUT2D eigenvalue weighted by molar-refractivity contribution is 9.10. The number of fused-ring (bicyclic) bond motifs is 1. The second-order valence-corrected chi connectivity index (χ2v) is 5.21. The number of carbonyl (C=O) groups is 1. The van der Waals surface area contributed by atoms with Gasteiger partial charge in [-0.3, -0.25) is 9.78 Å². The lowest BCUT2D eigenvalue weighted by molar-refractivity contribution is 0.103. The summed E-state index contributed by atoms with van der Waals surface area (Å²) >= 11 is 3.23. The number of rotatable bonds is 2. The Kier molecular flexibility index (Phi) is 3.32. The summed E-state index contributed by atoms with van der Waals surface area (Å²) in [7, 11) is 0. The van der Waals surface area contributed by atoms with Gasteiger partial charge in [0.2, 0.25) is 0 Å². The van der Waals surface area contributed by atoms with E-state index in [-0.39, 0.29) is 11.6 Å². The van der Waals surface area contributed by atoms with Crippen molar-refractivity contribution in [1.29, 1.82) is 0 Å². The molecule has 3 rings (SSSR count). The minimum absolute atomic E-state index is 0.157. The summed E-state index contributed by atoms with van der Waals surface area (Å²) in [6.45, 7) is 0. The molecule has 1 heterocycles. The van der Waals surface area contributed by atoms with E-state index >= 15 is 0 Å². The van der Waals surface area contributed by atoms with Gasteiger partial charge in [0.25, 0.3) is 0 Å². The van der Waals surface area contributed by atoms with E-state index in [1.807, 2.05) is 18.2 Å². The van der Waals surface area contributed by atoms with E-state index in [1.54, 1.807) is 18.5 Å². The minimum atomic E-state index is -0.381. The van der Waals surface area contributed by atoms with Gasteiger partial charge in [0.05, 0.1) is 0 Å². The molecule has 3 aromatic rings. The van der Waals surface area contributed by atoms with Gasteiger partial charge in [0.1, 0.15) is 5.82 Å². The van der Waals surface area contributed by atoms with Crippen molar-refractivity contribution < 1.29 is 9.18 Å². The van der Waals surface area contributed by atoms with E-state index < -0.39 is 0 Å². The van der Waals surface area contributed by atoms with Gasteiger partial charge in [-0.25, -0.2) is 4.39 Å². The van der Waals surface area contributed by atoms with Crippen LogP contribution in [0.2, 0.25) is 0 Å². The highest BCUT2D eigenvalue weighted by atomic mass is 79.9. The first-order chi connectivity index (χ1) is 9.66. The quantitative estimate of drug-likeness (QED) is 0.653. The van der Waals surface area contributed by atoms with Gasteiger partial charge < -0.3 is 0 Å². The lowest BCUT2D eigenvalue weighted by Crippen LogP contribution is -2.03. The molecular weight excluding hydrogens is 321 g/mol. The Hall–Kier alpha value is -2.07. The van der Waals surface area contributed by atoms with Crippen LogP contribution in [0, 0.1) is 5.82 Å². The average Bonchev–Trinajstić information content (AvgIpc) is 2.46. The molecule has 1 aromatic heterocycles. The number of pyridine rings is 1. The van der Waals surface area contributed by atoms with Crippen molar-refractivity contribution in [2.75, 3.05) is 0 Å². The molecule has 0 saturated carbocycles. The number of carbonyl (C=O) groups excluding carboxylic acids is 1. The van der Waals surface area contributed by atoms with E-state index in [9.17, 15) is 9.18 Å². The van der Waals surface area contributed by atoms with Crippen LogP contribution >= 0.6 is 15.9 Å². The molecule has 2 aromatic carbocycles. The number of hydrogen-bond acceptors (Lipinski definition) is 2. The Bertz CT molecular complexity index is 811. The van der Waals surface area contributed by atoms with Crippen LogP contribution in [-0.2, 0) is 0 Å². The zero-order valence-corrected chi connectivity index (χ0v) is 11.9. The Morgan fingerprint density at radius 1 is 1.10 bits per heavy atom. The van der Waals surface area contributed by atoms with Crippen molar-refractivity contribution >= 4 is 32.5 Å². The van der Waals surface area contributed by atoms with Gasteiger partial charge in [-0.2, -0.15) is 0 Å². The van der Waals surface area contributed by atoms with Crippen molar-refractivity contribution in [3.63, 3.8) is 0 Å². The SMILES string of the molecule is O=C(c1ccc(F)cc1Br)c1cccc2ccncc12.